The number of aromatic amines is 1. The van der Waals surface area contributed by atoms with Gasteiger partial charge in [-0.3, -0.25) is 4.90 Å². The predicted octanol–water partition coefficient (Wildman–Crippen LogP) is 4.40. The van der Waals surface area contributed by atoms with E-state index in [1.165, 1.54) is 10.8 Å². The lowest BCUT2D eigenvalue weighted by Crippen LogP contribution is -2.43. The Balaban J connectivity index is 2.10. The number of fused-ring (bicyclic) bond motifs is 1. The molecule has 1 N–H and O–H groups in total. The van der Waals surface area contributed by atoms with Crippen LogP contribution in [0.2, 0.25) is 0 Å². The van der Waals surface area contributed by atoms with Gasteiger partial charge in [0.2, 0.25) is 0 Å². The maximum Gasteiger partial charge on any atom is 0.416 e. The molecule has 150 valence electrons. The second-order valence-corrected chi connectivity index (χ2v) is 6.85. The Kier molecular flexibility index (Phi) is 6.55. The van der Waals surface area contributed by atoms with Gasteiger partial charge in [-0.05, 0) is 55.7 Å². The summed E-state index contributed by atoms with van der Waals surface area (Å²) in [4.78, 5) is 18.4. The van der Waals surface area contributed by atoms with E-state index in [1.807, 2.05) is 63.3 Å². The molecule has 1 amide bonds. The highest BCUT2D eigenvalue weighted by atomic mass is 16.6. The van der Waals surface area contributed by atoms with Crippen molar-refractivity contribution in [1.29, 1.82) is 0 Å². The first kappa shape index (κ1) is 20.5. The number of benzene rings is 1. The molecule has 29 heavy (non-hydrogen) atoms. The Hall–Kier alpha value is -3.27. The number of nitrogens with zero attached hydrogens (tertiary/aromatic N) is 1. The third-order valence-corrected chi connectivity index (χ3v) is 5.19. The number of ether oxygens (including phenoxy) is 1. The molecule has 0 unspecified atom stereocenters. The largest absolute Gasteiger partial charge is 0.416 e. The highest BCUT2D eigenvalue weighted by molar-refractivity contribution is 5.73. The van der Waals surface area contributed by atoms with Crippen molar-refractivity contribution in [3.8, 4) is 5.75 Å². The molecule has 0 fully saturated rings. The van der Waals surface area contributed by atoms with Crippen LogP contribution in [-0.2, 0) is 6.42 Å². The van der Waals surface area contributed by atoms with Crippen molar-refractivity contribution < 1.29 is 9.53 Å². The fraction of sp³-hybridized carbons (Fsp3) is 0.240. The minimum Gasteiger partial charge on any atom is -0.410 e. The van der Waals surface area contributed by atoms with Crippen molar-refractivity contribution in [2.45, 2.75) is 33.2 Å². The van der Waals surface area contributed by atoms with Crippen LogP contribution in [0.15, 0.2) is 66.8 Å². The van der Waals surface area contributed by atoms with E-state index in [-0.39, 0.29) is 12.1 Å². The van der Waals surface area contributed by atoms with Crippen molar-refractivity contribution in [2.75, 3.05) is 6.54 Å². The van der Waals surface area contributed by atoms with Crippen molar-refractivity contribution in [1.82, 2.24) is 9.88 Å². The first-order chi connectivity index (χ1) is 14.1. The zero-order chi connectivity index (χ0) is 20.8. The minimum absolute atomic E-state index is 0.281. The molecule has 0 saturated heterocycles. The zero-order valence-corrected chi connectivity index (χ0v) is 17.3. The molecule has 0 saturated carbocycles. The van der Waals surface area contributed by atoms with E-state index < -0.39 is 0 Å². The maximum atomic E-state index is 13.1. The SMILES string of the molecule is C=C/C(=C\C=C/C)[C@H]1c2[nH]c(=C/C)/c(=C\C)c2CCN1C(=O)Oc1ccccc1. The number of H-pyrrole nitrogens is 1. The van der Waals surface area contributed by atoms with Crippen LogP contribution < -0.4 is 15.3 Å². The zero-order valence-electron chi connectivity index (χ0n) is 17.3. The summed E-state index contributed by atoms with van der Waals surface area (Å²) in [5.74, 6) is 0.538. The fourth-order valence-corrected chi connectivity index (χ4v) is 3.84. The number of para-hydroxylation sites is 1. The molecule has 1 atom stereocenters. The standard InChI is InChI=1S/C25H28N2O2/c1-5-9-13-18(6-2)24-23-21(20(7-3)22(8-4)26-23)16-17-27(24)25(28)29-19-14-11-10-12-15-19/h5-15,24,26H,2,16-17H2,1,3-4H3/b9-5-,18-13+,20-7-,22-8+/t24-/m0/s1. The number of carbonyl (C=O) groups excluding carboxylic acids is 1. The van der Waals surface area contributed by atoms with Crippen molar-refractivity contribution >= 4 is 18.2 Å². The molecule has 2 heterocycles. The maximum absolute atomic E-state index is 13.1. The van der Waals surface area contributed by atoms with Gasteiger partial charge in [0.05, 0.1) is 0 Å². The summed E-state index contributed by atoms with van der Waals surface area (Å²) < 4.78 is 5.67. The molecule has 1 aromatic carbocycles. The number of allylic oxidation sites excluding steroid dienone is 3. The lowest BCUT2D eigenvalue weighted by Gasteiger charge is -2.35. The van der Waals surface area contributed by atoms with E-state index in [2.05, 4.69) is 23.7 Å². The third-order valence-electron chi connectivity index (χ3n) is 5.19. The van der Waals surface area contributed by atoms with Crippen molar-refractivity contribution in [3.05, 3.63) is 88.6 Å². The Bertz CT molecular complexity index is 1060. The van der Waals surface area contributed by atoms with Crippen LogP contribution in [-0.4, -0.2) is 22.5 Å². The summed E-state index contributed by atoms with van der Waals surface area (Å²) in [6.07, 6.45) is 12.4. The third kappa shape index (κ3) is 4.11. The fourth-order valence-electron chi connectivity index (χ4n) is 3.84. The number of rotatable bonds is 4. The molecule has 1 aliphatic heterocycles. The number of amides is 1. The number of hydrogen-bond acceptors (Lipinski definition) is 2. The molecule has 1 aromatic heterocycles. The molecule has 4 nitrogen and oxygen atoms in total. The van der Waals surface area contributed by atoms with Gasteiger partial charge in [-0.1, -0.05) is 61.2 Å². The van der Waals surface area contributed by atoms with E-state index in [4.69, 9.17) is 4.74 Å². The quantitative estimate of drug-likeness (QED) is 0.789. The van der Waals surface area contributed by atoms with Gasteiger partial charge in [0.25, 0.3) is 0 Å². The molecule has 0 bridgehead atoms. The van der Waals surface area contributed by atoms with E-state index in [0.29, 0.717) is 12.3 Å². The highest BCUT2D eigenvalue weighted by Gasteiger charge is 2.35. The van der Waals surface area contributed by atoms with Gasteiger partial charge < -0.3 is 9.72 Å². The highest BCUT2D eigenvalue weighted by Crippen LogP contribution is 2.34. The Morgan fingerprint density at radius 2 is 1.97 bits per heavy atom. The topological polar surface area (TPSA) is 45.3 Å². The van der Waals surface area contributed by atoms with Crippen LogP contribution in [0.3, 0.4) is 0 Å². The van der Waals surface area contributed by atoms with E-state index in [9.17, 15) is 4.79 Å². The second-order valence-electron chi connectivity index (χ2n) is 6.85. The summed E-state index contributed by atoms with van der Waals surface area (Å²) in [5, 5.41) is 2.29. The van der Waals surface area contributed by atoms with Crippen LogP contribution >= 0.6 is 0 Å². The van der Waals surface area contributed by atoms with E-state index in [0.717, 1.165) is 23.0 Å². The first-order valence-corrected chi connectivity index (χ1v) is 9.96. The molecule has 1 aliphatic rings. The summed E-state index contributed by atoms with van der Waals surface area (Å²) in [5.41, 5.74) is 3.22. The Morgan fingerprint density at radius 1 is 1.21 bits per heavy atom. The van der Waals surface area contributed by atoms with Gasteiger partial charge in [0, 0.05) is 17.6 Å². The first-order valence-electron chi connectivity index (χ1n) is 9.96. The average molecular weight is 389 g/mol. The van der Waals surface area contributed by atoms with Gasteiger partial charge in [-0.15, -0.1) is 0 Å². The van der Waals surface area contributed by atoms with Gasteiger partial charge in [0.1, 0.15) is 11.8 Å². The number of aromatic nitrogens is 1. The van der Waals surface area contributed by atoms with Crippen LogP contribution in [0.4, 0.5) is 4.79 Å². The lowest BCUT2D eigenvalue weighted by atomic mass is 9.92. The van der Waals surface area contributed by atoms with E-state index >= 15 is 0 Å². The van der Waals surface area contributed by atoms with Gasteiger partial charge >= 0.3 is 6.09 Å². The van der Waals surface area contributed by atoms with Crippen LogP contribution in [0.1, 0.15) is 38.1 Å². The van der Waals surface area contributed by atoms with E-state index in [1.54, 1.807) is 17.0 Å². The number of hydrogen-bond donors (Lipinski definition) is 1. The predicted molar refractivity (Wildman–Crippen MR) is 119 cm³/mol. The Morgan fingerprint density at radius 3 is 2.59 bits per heavy atom. The minimum atomic E-state index is -0.362. The molecule has 3 rings (SSSR count). The number of carbonyl (C=O) groups is 1. The summed E-state index contributed by atoms with van der Waals surface area (Å²) >= 11 is 0. The molecular formula is C25H28N2O2. The normalized spacial score (nSPS) is 18.2. The van der Waals surface area contributed by atoms with Gasteiger partial charge in [-0.25, -0.2) is 4.79 Å². The molecule has 0 aliphatic carbocycles. The van der Waals surface area contributed by atoms with Gasteiger partial charge in [0.15, 0.2) is 0 Å². The lowest BCUT2D eigenvalue weighted by molar-refractivity contribution is 0.135. The van der Waals surface area contributed by atoms with Gasteiger partial charge in [-0.2, -0.15) is 0 Å². The molecule has 0 spiro atoms. The average Bonchev–Trinajstić information content (AvgIpc) is 3.12. The summed E-state index contributed by atoms with van der Waals surface area (Å²) in [6.45, 7) is 10.6. The van der Waals surface area contributed by atoms with Crippen LogP contribution in [0, 0.1) is 0 Å². The molecule has 4 heteroatoms. The molecular weight excluding hydrogens is 360 g/mol. The smallest absolute Gasteiger partial charge is 0.410 e. The molecule has 2 aromatic rings. The van der Waals surface area contributed by atoms with Crippen LogP contribution in [0.5, 0.6) is 5.75 Å². The molecule has 0 radical (unpaired) electrons. The Labute approximate surface area is 172 Å². The second kappa shape index (κ2) is 9.28. The van der Waals surface area contributed by atoms with Crippen LogP contribution in [0.25, 0.3) is 12.2 Å². The monoisotopic (exact) mass is 388 g/mol. The summed E-state index contributed by atoms with van der Waals surface area (Å²) in [6, 6.07) is 8.90. The number of nitrogens with one attached hydrogen (secondary N) is 1. The van der Waals surface area contributed by atoms with Crippen molar-refractivity contribution in [3.63, 3.8) is 0 Å². The summed E-state index contributed by atoms with van der Waals surface area (Å²) in [7, 11) is 0. The van der Waals surface area contributed by atoms with Crippen molar-refractivity contribution in [2.24, 2.45) is 0 Å².